The lowest BCUT2D eigenvalue weighted by molar-refractivity contribution is 0.0364. The highest BCUT2D eigenvalue weighted by Crippen LogP contribution is 2.33. The Hall–Kier alpha value is -3.36. The normalized spacial score (nSPS) is 15.8. The van der Waals surface area contributed by atoms with Gasteiger partial charge in [0.2, 0.25) is 0 Å². The molecule has 1 amide bonds. The zero-order valence-corrected chi connectivity index (χ0v) is 22.4. The van der Waals surface area contributed by atoms with Gasteiger partial charge >= 0.3 is 0 Å². The Morgan fingerprint density at radius 1 is 1.11 bits per heavy atom. The molecule has 1 atom stereocenters. The van der Waals surface area contributed by atoms with Crippen molar-refractivity contribution in [1.82, 2.24) is 20.0 Å². The van der Waals surface area contributed by atoms with E-state index in [1.165, 1.54) is 0 Å². The molecule has 1 saturated heterocycles. The third kappa shape index (κ3) is 5.87. The number of hydrazine groups is 1. The summed E-state index contributed by atoms with van der Waals surface area (Å²) in [6.45, 7) is 3.36. The predicted molar refractivity (Wildman–Crippen MR) is 149 cm³/mol. The van der Waals surface area contributed by atoms with Gasteiger partial charge in [-0.2, -0.15) is 0 Å². The number of imidazole rings is 1. The molecule has 1 aromatic heterocycles. The fraction of sp³-hybridized carbons (Fsp3) is 0.241. The van der Waals surface area contributed by atoms with E-state index in [0.29, 0.717) is 46.8 Å². The average Bonchev–Trinajstić information content (AvgIpc) is 3.25. The van der Waals surface area contributed by atoms with Crippen LogP contribution in [0.5, 0.6) is 5.75 Å². The second-order valence-corrected chi connectivity index (χ2v) is 10.1. The van der Waals surface area contributed by atoms with Crippen LogP contribution in [0.25, 0.3) is 17.1 Å². The van der Waals surface area contributed by atoms with E-state index in [4.69, 9.17) is 32.9 Å². The molecule has 7 nitrogen and oxygen atoms in total. The lowest BCUT2D eigenvalue weighted by Crippen LogP contribution is -2.49. The van der Waals surface area contributed by atoms with Crippen LogP contribution in [0.2, 0.25) is 10.0 Å². The molecule has 0 saturated carbocycles. The second kappa shape index (κ2) is 11.6. The number of hydrogen-bond acceptors (Lipinski definition) is 5. The Balaban J connectivity index is 1.47. The van der Waals surface area contributed by atoms with E-state index < -0.39 is 6.10 Å². The third-order valence-corrected chi connectivity index (χ3v) is 7.04. The summed E-state index contributed by atoms with van der Waals surface area (Å²) in [4.78, 5) is 18.0. The van der Waals surface area contributed by atoms with Gasteiger partial charge in [-0.3, -0.25) is 14.8 Å². The van der Waals surface area contributed by atoms with Gasteiger partial charge in [0.15, 0.2) is 5.69 Å². The number of β-amino-alcohol motifs (C(OH)–C–C–N with tert-alkyl or cyclic N) is 1. The van der Waals surface area contributed by atoms with Gasteiger partial charge in [-0.25, -0.2) is 9.99 Å². The van der Waals surface area contributed by atoms with Gasteiger partial charge in [0, 0.05) is 29.4 Å². The number of nitrogens with one attached hydrogen (secondary N) is 1. The molecule has 2 heterocycles. The molecule has 0 aliphatic carbocycles. The lowest BCUT2D eigenvalue weighted by Gasteiger charge is -2.29. The summed E-state index contributed by atoms with van der Waals surface area (Å²) in [6, 6.07) is 22.8. The van der Waals surface area contributed by atoms with Gasteiger partial charge in [0.05, 0.1) is 16.8 Å². The molecule has 1 aliphatic rings. The van der Waals surface area contributed by atoms with Crippen LogP contribution < -0.4 is 10.2 Å². The quantitative estimate of drug-likeness (QED) is 0.302. The molecule has 1 fully saturated rings. The molecular formula is C29H28Cl2N4O3. The van der Waals surface area contributed by atoms with E-state index in [-0.39, 0.29) is 11.6 Å². The number of aliphatic hydroxyl groups excluding tert-OH is 1. The van der Waals surface area contributed by atoms with E-state index in [0.717, 1.165) is 29.8 Å². The van der Waals surface area contributed by atoms with Gasteiger partial charge in [0.1, 0.15) is 18.2 Å². The highest BCUT2D eigenvalue weighted by Gasteiger charge is 2.26. The molecule has 1 aliphatic heterocycles. The number of carbonyl (C=O) groups excluding carboxylic acids is 1. The Kier molecular flexibility index (Phi) is 8.00. The smallest absolute Gasteiger partial charge is 0.286 e. The van der Waals surface area contributed by atoms with Crippen molar-refractivity contribution in [2.75, 3.05) is 13.1 Å². The van der Waals surface area contributed by atoms with E-state index >= 15 is 0 Å². The van der Waals surface area contributed by atoms with Gasteiger partial charge in [-0.05, 0) is 67.8 Å². The maximum atomic E-state index is 13.3. The minimum absolute atomic E-state index is 0.274. The fourth-order valence-corrected chi connectivity index (χ4v) is 5.06. The van der Waals surface area contributed by atoms with E-state index in [9.17, 15) is 9.90 Å². The van der Waals surface area contributed by atoms with Crippen molar-refractivity contribution in [3.05, 3.63) is 99.8 Å². The number of piperidine rings is 1. The Morgan fingerprint density at radius 2 is 1.87 bits per heavy atom. The van der Waals surface area contributed by atoms with Crippen molar-refractivity contribution in [3.8, 4) is 22.8 Å². The van der Waals surface area contributed by atoms with Crippen LogP contribution in [-0.4, -0.2) is 44.8 Å². The lowest BCUT2D eigenvalue weighted by atomic mass is 10.1. The molecule has 0 spiro atoms. The highest BCUT2D eigenvalue weighted by molar-refractivity contribution is 6.36. The number of nitrogens with zero attached hydrogens (tertiary/aromatic N) is 3. The standard InChI is InChI=1S/C29H28Cl2N4O3/c1-19-27(29(37)33-34-15-5-8-23(36)17-34)32-28(25-14-9-21(30)16-26(25)31)35(19)22-10-12-24(13-11-22)38-18-20-6-3-2-4-7-20/h2-4,6-7,9-14,16,23,36H,5,8,15,17-18H2,1H3,(H,33,37). The first-order valence-corrected chi connectivity index (χ1v) is 13.2. The summed E-state index contributed by atoms with van der Waals surface area (Å²) in [5.41, 5.74) is 6.36. The number of hydrogen-bond donors (Lipinski definition) is 2. The van der Waals surface area contributed by atoms with E-state index in [2.05, 4.69) is 5.43 Å². The van der Waals surface area contributed by atoms with Crippen LogP contribution in [0.4, 0.5) is 0 Å². The Labute approximate surface area is 231 Å². The van der Waals surface area contributed by atoms with Crippen LogP contribution in [0.1, 0.15) is 34.6 Å². The molecule has 4 aromatic rings. The van der Waals surface area contributed by atoms with E-state index in [1.54, 1.807) is 23.2 Å². The Morgan fingerprint density at radius 3 is 2.58 bits per heavy atom. The van der Waals surface area contributed by atoms with Gasteiger partial charge < -0.3 is 9.84 Å². The van der Waals surface area contributed by atoms with Gasteiger partial charge in [-0.15, -0.1) is 0 Å². The molecule has 0 bridgehead atoms. The first-order valence-electron chi connectivity index (χ1n) is 12.4. The van der Waals surface area contributed by atoms with Crippen LogP contribution in [0.3, 0.4) is 0 Å². The molecule has 9 heteroatoms. The average molecular weight is 551 g/mol. The summed E-state index contributed by atoms with van der Waals surface area (Å²) >= 11 is 12.7. The predicted octanol–water partition coefficient (Wildman–Crippen LogP) is 5.84. The molecular weight excluding hydrogens is 523 g/mol. The monoisotopic (exact) mass is 550 g/mol. The number of benzene rings is 3. The fourth-order valence-electron chi connectivity index (χ4n) is 4.57. The zero-order chi connectivity index (χ0) is 26.6. The maximum absolute atomic E-state index is 13.3. The van der Waals surface area contributed by atoms with Crippen LogP contribution in [0.15, 0.2) is 72.8 Å². The number of halogens is 2. The topological polar surface area (TPSA) is 79.6 Å². The van der Waals surface area contributed by atoms with Crippen LogP contribution in [-0.2, 0) is 6.61 Å². The summed E-state index contributed by atoms with van der Waals surface area (Å²) in [6.07, 6.45) is 1.07. The summed E-state index contributed by atoms with van der Waals surface area (Å²) in [5, 5.41) is 12.7. The van der Waals surface area contributed by atoms with Crippen molar-refractivity contribution >= 4 is 29.1 Å². The van der Waals surface area contributed by atoms with Gasteiger partial charge in [-0.1, -0.05) is 53.5 Å². The molecule has 196 valence electrons. The zero-order valence-electron chi connectivity index (χ0n) is 20.9. The second-order valence-electron chi connectivity index (χ2n) is 9.28. The minimum atomic E-state index is -0.464. The molecule has 1 unspecified atom stereocenters. The molecule has 38 heavy (non-hydrogen) atoms. The molecule has 0 radical (unpaired) electrons. The van der Waals surface area contributed by atoms with E-state index in [1.807, 2.05) is 66.1 Å². The maximum Gasteiger partial charge on any atom is 0.286 e. The number of carbonyl (C=O) groups is 1. The van der Waals surface area contributed by atoms with Crippen molar-refractivity contribution in [2.24, 2.45) is 0 Å². The first kappa shape index (κ1) is 26.3. The number of rotatable bonds is 7. The van der Waals surface area contributed by atoms with Crippen molar-refractivity contribution < 1.29 is 14.6 Å². The SMILES string of the molecule is Cc1c(C(=O)NN2CCCC(O)C2)nc(-c2ccc(Cl)cc2Cl)n1-c1ccc(OCc2ccccc2)cc1. The molecule has 3 aromatic carbocycles. The number of ether oxygens (including phenoxy) is 1. The van der Waals surface area contributed by atoms with Crippen molar-refractivity contribution in [1.29, 1.82) is 0 Å². The van der Waals surface area contributed by atoms with Crippen LogP contribution >= 0.6 is 23.2 Å². The minimum Gasteiger partial charge on any atom is -0.489 e. The molecule has 5 rings (SSSR count). The number of aromatic nitrogens is 2. The van der Waals surface area contributed by atoms with Crippen molar-refractivity contribution in [3.63, 3.8) is 0 Å². The molecule has 2 N–H and O–H groups in total. The first-order chi connectivity index (χ1) is 18.4. The third-order valence-electron chi connectivity index (χ3n) is 6.49. The number of aliphatic hydroxyl groups is 1. The van der Waals surface area contributed by atoms with Gasteiger partial charge in [0.25, 0.3) is 5.91 Å². The largest absolute Gasteiger partial charge is 0.489 e. The number of amides is 1. The summed E-state index contributed by atoms with van der Waals surface area (Å²) < 4.78 is 7.85. The van der Waals surface area contributed by atoms with Crippen molar-refractivity contribution in [2.45, 2.75) is 32.5 Å². The summed E-state index contributed by atoms with van der Waals surface area (Å²) in [5.74, 6) is 0.901. The summed E-state index contributed by atoms with van der Waals surface area (Å²) in [7, 11) is 0. The Bertz CT molecular complexity index is 1420. The highest BCUT2D eigenvalue weighted by atomic mass is 35.5. The van der Waals surface area contributed by atoms with Crippen LogP contribution in [0, 0.1) is 6.92 Å².